The molecule has 0 amide bonds. The fraction of sp³-hybridized carbons (Fsp3) is 0.619. The van der Waals surface area contributed by atoms with Crippen LogP contribution < -0.4 is 4.74 Å². The third kappa shape index (κ3) is 4.44. The fourth-order valence-corrected chi connectivity index (χ4v) is 3.96. The molecule has 2 aliphatic rings. The first kappa shape index (κ1) is 19.3. The highest BCUT2D eigenvalue weighted by Crippen LogP contribution is 2.34. The van der Waals surface area contributed by atoms with Crippen molar-refractivity contribution in [2.45, 2.75) is 50.7 Å². The van der Waals surface area contributed by atoms with Gasteiger partial charge in [-0.3, -0.25) is 0 Å². The Morgan fingerprint density at radius 2 is 1.88 bits per heavy atom. The topological polar surface area (TPSA) is 27.7 Å². The molecule has 1 aromatic carbocycles. The van der Waals surface area contributed by atoms with Crippen LogP contribution in [0.2, 0.25) is 0 Å². The molecule has 0 bridgehead atoms. The van der Waals surface area contributed by atoms with E-state index in [9.17, 15) is 8.78 Å². The molecule has 0 N–H and O–H groups in total. The van der Waals surface area contributed by atoms with Crippen molar-refractivity contribution >= 4 is 0 Å². The lowest BCUT2D eigenvalue weighted by Crippen LogP contribution is -2.30. The molecule has 5 heteroatoms. The Hall–Kier alpha value is -1.46. The molecule has 144 valence electrons. The Morgan fingerprint density at radius 1 is 1.12 bits per heavy atom. The minimum atomic E-state index is -0.932. The number of hydrogen-bond acceptors (Lipinski definition) is 3. The number of rotatable bonds is 6. The zero-order chi connectivity index (χ0) is 18.5. The second-order valence-electron chi connectivity index (χ2n) is 7.37. The molecule has 1 aromatic rings. The molecule has 1 aliphatic heterocycles. The Labute approximate surface area is 154 Å². The molecule has 0 aromatic heterocycles. The minimum absolute atomic E-state index is 0.0737. The second-order valence-corrected chi connectivity index (χ2v) is 7.37. The van der Waals surface area contributed by atoms with Crippen molar-refractivity contribution in [3.63, 3.8) is 0 Å². The van der Waals surface area contributed by atoms with E-state index in [2.05, 4.69) is 12.7 Å². The Kier molecular flexibility index (Phi) is 6.65. The third-order valence-electron chi connectivity index (χ3n) is 5.71. The van der Waals surface area contributed by atoms with Crippen LogP contribution in [-0.2, 0) is 9.47 Å². The molecular weight excluding hydrogens is 338 g/mol. The summed E-state index contributed by atoms with van der Waals surface area (Å²) in [6.07, 6.45) is 7.94. The zero-order valence-electron chi connectivity index (χ0n) is 15.4. The predicted octanol–water partition coefficient (Wildman–Crippen LogP) is 5.20. The summed E-state index contributed by atoms with van der Waals surface area (Å²) in [5.41, 5.74) is 0.351. The molecular formula is C21H28F2O3. The molecule has 3 nitrogen and oxygen atoms in total. The molecule has 2 fully saturated rings. The van der Waals surface area contributed by atoms with E-state index < -0.39 is 11.6 Å². The SMILES string of the molecule is C=CC1CCC(COC2CCC(c3ccc(OC)c(F)c3F)CO2)CC1. The molecule has 1 saturated heterocycles. The van der Waals surface area contributed by atoms with Gasteiger partial charge in [-0.25, -0.2) is 4.39 Å². The summed E-state index contributed by atoms with van der Waals surface area (Å²) < 4.78 is 44.7. The van der Waals surface area contributed by atoms with Gasteiger partial charge in [0.25, 0.3) is 0 Å². The number of methoxy groups -OCH3 is 1. The zero-order valence-corrected chi connectivity index (χ0v) is 15.4. The number of halogens is 2. The highest BCUT2D eigenvalue weighted by atomic mass is 19.2. The van der Waals surface area contributed by atoms with Crippen molar-refractivity contribution in [1.82, 2.24) is 0 Å². The summed E-state index contributed by atoms with van der Waals surface area (Å²) >= 11 is 0. The van der Waals surface area contributed by atoms with Gasteiger partial charge in [0.05, 0.1) is 20.3 Å². The van der Waals surface area contributed by atoms with Gasteiger partial charge in [0.15, 0.2) is 17.9 Å². The van der Waals surface area contributed by atoms with Gasteiger partial charge in [-0.2, -0.15) is 4.39 Å². The first-order valence-electron chi connectivity index (χ1n) is 9.50. The number of benzene rings is 1. The highest BCUT2D eigenvalue weighted by molar-refractivity contribution is 5.33. The number of ether oxygens (including phenoxy) is 3. The van der Waals surface area contributed by atoms with Gasteiger partial charge < -0.3 is 14.2 Å². The summed E-state index contributed by atoms with van der Waals surface area (Å²) in [4.78, 5) is 0. The van der Waals surface area contributed by atoms with Crippen LogP contribution >= 0.6 is 0 Å². The quantitative estimate of drug-likeness (QED) is 0.648. The molecule has 1 aliphatic carbocycles. The van der Waals surface area contributed by atoms with Crippen LogP contribution in [0.25, 0.3) is 0 Å². The van der Waals surface area contributed by atoms with E-state index in [4.69, 9.17) is 14.2 Å². The van der Waals surface area contributed by atoms with Gasteiger partial charge in [0.1, 0.15) is 0 Å². The molecule has 1 heterocycles. The van der Waals surface area contributed by atoms with Crippen LogP contribution in [0.3, 0.4) is 0 Å². The normalized spacial score (nSPS) is 29.3. The average Bonchev–Trinajstić information content (AvgIpc) is 2.69. The van der Waals surface area contributed by atoms with Crippen LogP contribution in [0.15, 0.2) is 24.8 Å². The number of hydrogen-bond donors (Lipinski definition) is 0. The summed E-state index contributed by atoms with van der Waals surface area (Å²) in [6.45, 7) is 4.93. The number of allylic oxidation sites excluding steroid dienone is 1. The predicted molar refractivity (Wildman–Crippen MR) is 96.2 cm³/mol. The monoisotopic (exact) mass is 366 g/mol. The van der Waals surface area contributed by atoms with Crippen molar-refractivity contribution < 1.29 is 23.0 Å². The minimum Gasteiger partial charge on any atom is -0.494 e. The van der Waals surface area contributed by atoms with Crippen LogP contribution in [0.4, 0.5) is 8.78 Å². The third-order valence-corrected chi connectivity index (χ3v) is 5.71. The van der Waals surface area contributed by atoms with Crippen molar-refractivity contribution in [3.8, 4) is 5.75 Å². The molecule has 3 rings (SSSR count). The first-order valence-corrected chi connectivity index (χ1v) is 9.50. The average molecular weight is 366 g/mol. The van der Waals surface area contributed by atoms with Crippen LogP contribution in [0.1, 0.15) is 50.0 Å². The summed E-state index contributed by atoms with van der Waals surface area (Å²) in [7, 11) is 1.33. The maximum atomic E-state index is 14.2. The fourth-order valence-electron chi connectivity index (χ4n) is 3.96. The standard InChI is InChI=1S/C21H28F2O3/c1-3-14-4-6-15(7-5-14)12-25-19-11-8-16(13-26-19)17-9-10-18(24-2)21(23)20(17)22/h3,9-10,14-16,19H,1,4-8,11-13H2,2H3. The van der Waals surface area contributed by atoms with Gasteiger partial charge in [0.2, 0.25) is 5.82 Å². The lowest BCUT2D eigenvalue weighted by atomic mass is 9.82. The maximum absolute atomic E-state index is 14.2. The lowest BCUT2D eigenvalue weighted by molar-refractivity contribution is -0.175. The van der Waals surface area contributed by atoms with E-state index in [1.54, 1.807) is 6.07 Å². The van der Waals surface area contributed by atoms with Crippen LogP contribution in [0, 0.1) is 23.5 Å². The molecule has 0 radical (unpaired) electrons. The molecule has 2 unspecified atom stereocenters. The summed E-state index contributed by atoms with van der Waals surface area (Å²) in [6, 6.07) is 3.06. The van der Waals surface area contributed by atoms with E-state index in [1.165, 1.54) is 38.9 Å². The molecule has 26 heavy (non-hydrogen) atoms. The van der Waals surface area contributed by atoms with E-state index in [0.717, 1.165) is 6.42 Å². The summed E-state index contributed by atoms with van der Waals surface area (Å²) in [5.74, 6) is -0.762. The lowest BCUT2D eigenvalue weighted by Gasteiger charge is -2.32. The van der Waals surface area contributed by atoms with Crippen molar-refractivity contribution in [3.05, 3.63) is 42.0 Å². The Balaban J connectivity index is 1.46. The smallest absolute Gasteiger partial charge is 0.200 e. The van der Waals surface area contributed by atoms with Gasteiger partial charge in [-0.1, -0.05) is 12.1 Å². The van der Waals surface area contributed by atoms with E-state index >= 15 is 0 Å². The van der Waals surface area contributed by atoms with Crippen LogP contribution in [0.5, 0.6) is 5.75 Å². The van der Waals surface area contributed by atoms with Gasteiger partial charge >= 0.3 is 0 Å². The molecule has 2 atom stereocenters. The van der Waals surface area contributed by atoms with E-state index in [1.807, 2.05) is 0 Å². The largest absolute Gasteiger partial charge is 0.494 e. The highest BCUT2D eigenvalue weighted by Gasteiger charge is 2.28. The second kappa shape index (κ2) is 8.96. The van der Waals surface area contributed by atoms with Crippen molar-refractivity contribution in [2.24, 2.45) is 11.8 Å². The van der Waals surface area contributed by atoms with Crippen molar-refractivity contribution in [1.29, 1.82) is 0 Å². The van der Waals surface area contributed by atoms with Gasteiger partial charge in [-0.05, 0) is 62.0 Å². The Morgan fingerprint density at radius 3 is 2.50 bits per heavy atom. The maximum Gasteiger partial charge on any atom is 0.200 e. The van der Waals surface area contributed by atoms with E-state index in [0.29, 0.717) is 37.0 Å². The summed E-state index contributed by atoms with van der Waals surface area (Å²) in [5, 5.41) is 0. The van der Waals surface area contributed by atoms with Gasteiger partial charge in [0, 0.05) is 5.92 Å². The molecule has 0 spiro atoms. The van der Waals surface area contributed by atoms with Gasteiger partial charge in [-0.15, -0.1) is 6.58 Å². The Bertz CT molecular complexity index is 604. The first-order chi connectivity index (χ1) is 12.6. The van der Waals surface area contributed by atoms with Crippen LogP contribution in [-0.4, -0.2) is 26.6 Å². The molecule has 1 saturated carbocycles. The van der Waals surface area contributed by atoms with Crippen molar-refractivity contribution in [2.75, 3.05) is 20.3 Å². The van der Waals surface area contributed by atoms with E-state index in [-0.39, 0.29) is 18.0 Å².